The van der Waals surface area contributed by atoms with Crippen LogP contribution in [0.5, 0.6) is 5.75 Å². The van der Waals surface area contributed by atoms with Crippen LogP contribution in [0.25, 0.3) is 22.2 Å². The third kappa shape index (κ3) is 5.35. The van der Waals surface area contributed by atoms with Crippen molar-refractivity contribution >= 4 is 34.0 Å². The van der Waals surface area contributed by atoms with E-state index in [-0.39, 0.29) is 30.9 Å². The first kappa shape index (κ1) is 28.9. The number of nitrogens with zero attached hydrogens (tertiary/aromatic N) is 3. The molecule has 5 aromatic rings. The van der Waals surface area contributed by atoms with E-state index in [0.717, 1.165) is 11.1 Å². The summed E-state index contributed by atoms with van der Waals surface area (Å²) in [5, 5.41) is 15.8. The summed E-state index contributed by atoms with van der Waals surface area (Å²) in [4.78, 5) is 39.4. The van der Waals surface area contributed by atoms with Crippen molar-refractivity contribution in [3.05, 3.63) is 108 Å². The molecular formula is C34H30FN5O4. The Morgan fingerprint density at radius 1 is 1.11 bits per heavy atom. The molecule has 0 unspecified atom stereocenters. The first-order valence-electron chi connectivity index (χ1n) is 14.1. The molecule has 0 saturated heterocycles. The lowest BCUT2D eigenvalue weighted by Crippen LogP contribution is -2.40. The maximum absolute atomic E-state index is 13.7. The van der Waals surface area contributed by atoms with Gasteiger partial charge < -0.3 is 20.9 Å². The number of halogens is 1. The topological polar surface area (TPSA) is 140 Å². The molecule has 4 heterocycles. The van der Waals surface area contributed by atoms with Crippen molar-refractivity contribution in [2.24, 2.45) is 5.73 Å². The van der Waals surface area contributed by atoms with Crippen molar-refractivity contribution in [2.75, 3.05) is 11.9 Å². The van der Waals surface area contributed by atoms with Gasteiger partial charge in [0.05, 0.1) is 28.8 Å². The summed E-state index contributed by atoms with van der Waals surface area (Å²) in [6.07, 6.45) is 5.07. The lowest BCUT2D eigenvalue weighted by atomic mass is 9.81. The molecule has 10 heteroatoms. The third-order valence-corrected chi connectivity index (χ3v) is 8.09. The van der Waals surface area contributed by atoms with E-state index < -0.39 is 22.7 Å². The smallest absolute Gasteiger partial charge is 0.231 e. The lowest BCUT2D eigenvalue weighted by molar-refractivity contribution is -0.123. The van der Waals surface area contributed by atoms with E-state index in [9.17, 15) is 19.1 Å². The van der Waals surface area contributed by atoms with Crippen molar-refractivity contribution in [2.45, 2.75) is 37.7 Å². The molecule has 9 nitrogen and oxygen atoms in total. The van der Waals surface area contributed by atoms with Gasteiger partial charge in [0.15, 0.2) is 5.78 Å². The minimum atomic E-state index is -1.57. The zero-order valence-corrected chi connectivity index (χ0v) is 24.2. The highest BCUT2D eigenvalue weighted by atomic mass is 19.1. The van der Waals surface area contributed by atoms with Crippen LogP contribution in [0, 0.1) is 5.82 Å². The Labute approximate surface area is 253 Å². The molecule has 0 bridgehead atoms. The number of pyridine rings is 3. The number of hydrogen-bond donors (Lipinski definition) is 3. The third-order valence-electron chi connectivity index (χ3n) is 8.09. The molecule has 0 saturated carbocycles. The molecule has 0 spiro atoms. The zero-order chi connectivity index (χ0) is 31.1. The second-order valence-electron chi connectivity index (χ2n) is 11.4. The summed E-state index contributed by atoms with van der Waals surface area (Å²) in [5.74, 6) is -0.838. The number of benzene rings is 2. The zero-order valence-electron chi connectivity index (χ0n) is 24.2. The first-order valence-corrected chi connectivity index (χ1v) is 14.1. The van der Waals surface area contributed by atoms with E-state index in [4.69, 9.17) is 15.5 Å². The lowest BCUT2D eigenvalue weighted by Gasteiger charge is -2.26. The van der Waals surface area contributed by atoms with Gasteiger partial charge in [0.2, 0.25) is 5.91 Å². The monoisotopic (exact) mass is 591 g/mol. The van der Waals surface area contributed by atoms with Crippen molar-refractivity contribution in [1.29, 1.82) is 0 Å². The number of nitrogens with one attached hydrogen (secondary N) is 1. The van der Waals surface area contributed by atoms with Crippen molar-refractivity contribution < 1.29 is 23.8 Å². The van der Waals surface area contributed by atoms with E-state index in [1.165, 1.54) is 12.1 Å². The molecule has 1 aliphatic heterocycles. The second-order valence-corrected chi connectivity index (χ2v) is 11.4. The molecular weight excluding hydrogens is 561 g/mol. The van der Waals surface area contributed by atoms with Gasteiger partial charge in [-0.25, -0.2) is 9.37 Å². The number of aromatic nitrogens is 3. The highest BCUT2D eigenvalue weighted by Crippen LogP contribution is 2.46. The fraction of sp³-hybridized carbons (Fsp3) is 0.206. The first-order chi connectivity index (χ1) is 21.0. The summed E-state index contributed by atoms with van der Waals surface area (Å²) < 4.78 is 19.6. The van der Waals surface area contributed by atoms with Gasteiger partial charge in [0, 0.05) is 40.9 Å². The summed E-state index contributed by atoms with van der Waals surface area (Å²) in [6.45, 7) is 3.24. The SMILES string of the molecule is C[C@](O)(CCC(=O)c1cc(Nc2cccnc2)c2ncccc2c1)c1cc2c(c(-c3ccc(F)cc3)n1)OC[C@]2(C)C(N)=O. The number of rotatable bonds is 9. The second kappa shape index (κ2) is 11.1. The molecule has 6 rings (SSSR count). The number of aliphatic hydroxyl groups is 1. The van der Waals surface area contributed by atoms with Crippen LogP contribution in [-0.2, 0) is 15.8 Å². The van der Waals surface area contributed by atoms with Crippen molar-refractivity contribution in [1.82, 2.24) is 15.0 Å². The highest BCUT2D eigenvalue weighted by Gasteiger charge is 2.45. The van der Waals surface area contributed by atoms with Gasteiger partial charge in [-0.3, -0.25) is 19.6 Å². The van der Waals surface area contributed by atoms with Gasteiger partial charge in [-0.05, 0) is 80.9 Å². The summed E-state index contributed by atoms with van der Waals surface area (Å²) in [5.41, 5.74) is 7.21. The summed E-state index contributed by atoms with van der Waals surface area (Å²) in [7, 11) is 0. The molecule has 0 fully saturated rings. The number of ether oxygens (including phenoxy) is 1. The van der Waals surface area contributed by atoms with E-state index in [1.54, 1.807) is 68.8 Å². The minimum Gasteiger partial charge on any atom is -0.489 e. The molecule has 0 radical (unpaired) electrons. The van der Waals surface area contributed by atoms with Crippen LogP contribution < -0.4 is 15.8 Å². The number of hydrogen-bond acceptors (Lipinski definition) is 8. The Bertz CT molecular complexity index is 1900. The predicted molar refractivity (Wildman–Crippen MR) is 164 cm³/mol. The van der Waals surface area contributed by atoms with Crippen LogP contribution >= 0.6 is 0 Å². The number of amides is 1. The Morgan fingerprint density at radius 2 is 1.89 bits per heavy atom. The number of carbonyl (C=O) groups excluding carboxylic acids is 2. The van der Waals surface area contributed by atoms with Gasteiger partial charge >= 0.3 is 0 Å². The quantitative estimate of drug-likeness (QED) is 0.189. The maximum Gasteiger partial charge on any atom is 0.231 e. The average molecular weight is 592 g/mol. The van der Waals surface area contributed by atoms with Gasteiger partial charge in [-0.2, -0.15) is 0 Å². The van der Waals surface area contributed by atoms with Gasteiger partial charge in [-0.1, -0.05) is 6.07 Å². The minimum absolute atomic E-state index is 0.000660. The molecule has 4 N–H and O–H groups in total. The van der Waals surface area contributed by atoms with Crippen LogP contribution in [0.3, 0.4) is 0 Å². The number of anilines is 2. The fourth-order valence-corrected chi connectivity index (χ4v) is 5.34. The van der Waals surface area contributed by atoms with E-state index >= 15 is 0 Å². The van der Waals surface area contributed by atoms with Gasteiger partial charge in [-0.15, -0.1) is 0 Å². The van der Waals surface area contributed by atoms with E-state index in [2.05, 4.69) is 15.3 Å². The summed E-state index contributed by atoms with van der Waals surface area (Å²) >= 11 is 0. The molecule has 2 atom stereocenters. The number of nitrogens with two attached hydrogens (primary N) is 1. The van der Waals surface area contributed by atoms with E-state index in [1.807, 2.05) is 18.2 Å². The Balaban J connectivity index is 1.32. The van der Waals surface area contributed by atoms with Crippen LogP contribution in [0.1, 0.15) is 48.3 Å². The Kier molecular flexibility index (Phi) is 7.30. The fourth-order valence-electron chi connectivity index (χ4n) is 5.34. The Morgan fingerprint density at radius 3 is 2.61 bits per heavy atom. The number of primary amides is 1. The van der Waals surface area contributed by atoms with Crippen LogP contribution in [0.2, 0.25) is 0 Å². The molecule has 44 heavy (non-hydrogen) atoms. The number of carbonyl (C=O) groups is 2. The normalized spacial score (nSPS) is 17.0. The molecule has 222 valence electrons. The van der Waals surface area contributed by atoms with Gasteiger partial charge in [0.25, 0.3) is 0 Å². The number of Topliss-reactive ketones (excluding diaryl/α,β-unsaturated/α-hetero) is 1. The highest BCUT2D eigenvalue weighted by molar-refractivity contribution is 6.03. The Hall–Kier alpha value is -5.22. The van der Waals surface area contributed by atoms with Crippen molar-refractivity contribution in [3.8, 4) is 17.0 Å². The molecule has 1 aliphatic rings. The molecule has 2 aromatic carbocycles. The predicted octanol–water partition coefficient (Wildman–Crippen LogP) is 5.58. The molecule has 1 amide bonds. The average Bonchev–Trinajstić information content (AvgIpc) is 3.38. The number of ketones is 1. The van der Waals surface area contributed by atoms with E-state index in [0.29, 0.717) is 39.3 Å². The number of fused-ring (bicyclic) bond motifs is 2. The van der Waals surface area contributed by atoms with Crippen LogP contribution in [-0.4, -0.2) is 38.4 Å². The van der Waals surface area contributed by atoms with Crippen LogP contribution in [0.4, 0.5) is 15.8 Å². The summed E-state index contributed by atoms with van der Waals surface area (Å²) in [6, 6.07) is 18.2. The van der Waals surface area contributed by atoms with Crippen LogP contribution in [0.15, 0.2) is 85.3 Å². The molecule has 0 aliphatic carbocycles. The van der Waals surface area contributed by atoms with Gasteiger partial charge in [0.1, 0.15) is 34.9 Å². The molecule has 3 aromatic heterocycles. The standard InChI is InChI=1S/C34H30FN5O4/c1-33(32(36)42)19-44-31-25(33)17-28(40-30(31)20-7-9-23(35)10-8-20)34(2,43)12-11-27(41)22-15-21-5-3-14-38-29(21)26(16-22)39-24-6-4-13-37-18-24/h3-10,13-18,39,43H,11-12,19H2,1-2H3,(H2,36,42)/t33-,34-/m0/s1. The largest absolute Gasteiger partial charge is 0.489 e. The van der Waals surface area contributed by atoms with Crippen molar-refractivity contribution in [3.63, 3.8) is 0 Å². The maximum atomic E-state index is 13.7.